The normalized spacial score (nSPS) is 11.5. The Morgan fingerprint density at radius 3 is 2.37 bits per heavy atom. The third kappa shape index (κ3) is 3.70. The molecule has 0 saturated heterocycles. The SMILES string of the molecule is COc1cccc2c1c(O)c(CC(=O)N(C)c1ccc(C(F)(F)F)cc1)c(=O)n2C. The van der Waals surface area contributed by atoms with E-state index in [4.69, 9.17) is 4.74 Å². The van der Waals surface area contributed by atoms with Crippen molar-refractivity contribution in [3.05, 3.63) is 63.9 Å². The zero-order chi connectivity index (χ0) is 22.2. The lowest BCUT2D eigenvalue weighted by atomic mass is 10.1. The van der Waals surface area contributed by atoms with Gasteiger partial charge in [0.05, 0.1) is 35.6 Å². The van der Waals surface area contributed by atoms with Gasteiger partial charge in [-0.05, 0) is 36.4 Å². The average Bonchev–Trinajstić information content (AvgIpc) is 2.73. The molecule has 0 aliphatic carbocycles. The molecule has 1 heterocycles. The number of hydrogen-bond donors (Lipinski definition) is 1. The van der Waals surface area contributed by atoms with Gasteiger partial charge in [-0.15, -0.1) is 0 Å². The van der Waals surface area contributed by atoms with E-state index in [0.29, 0.717) is 16.7 Å². The molecule has 2 aromatic carbocycles. The Kier molecular flexibility index (Phi) is 5.47. The number of aromatic hydroxyl groups is 1. The van der Waals surface area contributed by atoms with Crippen LogP contribution in [0.5, 0.6) is 11.5 Å². The summed E-state index contributed by atoms with van der Waals surface area (Å²) in [4.78, 5) is 26.6. The van der Waals surface area contributed by atoms with E-state index in [1.165, 1.54) is 37.9 Å². The number of hydrogen-bond acceptors (Lipinski definition) is 4. The van der Waals surface area contributed by atoms with E-state index in [0.717, 1.165) is 17.0 Å². The van der Waals surface area contributed by atoms with Crippen LogP contribution in [0.1, 0.15) is 11.1 Å². The van der Waals surface area contributed by atoms with Crippen LogP contribution >= 0.6 is 0 Å². The predicted molar refractivity (Wildman–Crippen MR) is 106 cm³/mol. The summed E-state index contributed by atoms with van der Waals surface area (Å²) in [6.07, 6.45) is -4.92. The topological polar surface area (TPSA) is 71.8 Å². The molecule has 0 atom stereocenters. The molecule has 1 aromatic heterocycles. The van der Waals surface area contributed by atoms with Gasteiger partial charge >= 0.3 is 6.18 Å². The van der Waals surface area contributed by atoms with Crippen molar-refractivity contribution in [2.45, 2.75) is 12.6 Å². The number of likely N-dealkylation sites (N-methyl/N-ethyl adjacent to an activating group) is 1. The summed E-state index contributed by atoms with van der Waals surface area (Å²) in [6.45, 7) is 0. The molecule has 0 saturated carbocycles. The van der Waals surface area contributed by atoms with E-state index >= 15 is 0 Å². The number of nitrogens with zero attached hydrogens (tertiary/aromatic N) is 2. The van der Waals surface area contributed by atoms with Crippen LogP contribution in [-0.4, -0.2) is 29.7 Å². The van der Waals surface area contributed by atoms with E-state index in [1.807, 2.05) is 0 Å². The second kappa shape index (κ2) is 7.74. The van der Waals surface area contributed by atoms with Gasteiger partial charge in [0.1, 0.15) is 11.5 Å². The molecule has 0 bridgehead atoms. The fourth-order valence-corrected chi connectivity index (χ4v) is 3.22. The first-order valence-corrected chi connectivity index (χ1v) is 8.87. The second-order valence-corrected chi connectivity index (χ2v) is 6.72. The number of carbonyl (C=O) groups is 1. The minimum Gasteiger partial charge on any atom is -0.507 e. The number of methoxy groups -OCH3 is 1. The molecule has 0 aliphatic heterocycles. The van der Waals surface area contributed by atoms with Crippen LogP contribution in [0.2, 0.25) is 0 Å². The number of benzene rings is 2. The number of aryl methyl sites for hydroxylation is 1. The van der Waals surface area contributed by atoms with Crippen molar-refractivity contribution in [1.29, 1.82) is 0 Å². The van der Waals surface area contributed by atoms with Gasteiger partial charge in [0.2, 0.25) is 5.91 Å². The maximum atomic E-state index is 12.7. The number of alkyl halides is 3. The maximum Gasteiger partial charge on any atom is 0.416 e. The summed E-state index contributed by atoms with van der Waals surface area (Å²) in [6, 6.07) is 9.01. The van der Waals surface area contributed by atoms with Crippen LogP contribution < -0.4 is 15.2 Å². The first-order valence-electron chi connectivity index (χ1n) is 8.87. The minimum absolute atomic E-state index is 0.127. The number of fused-ring (bicyclic) bond motifs is 1. The predicted octanol–water partition coefficient (Wildman–Crippen LogP) is 3.48. The summed E-state index contributed by atoms with van der Waals surface area (Å²) in [5, 5.41) is 11.0. The maximum absolute atomic E-state index is 12.7. The molecule has 1 amide bonds. The van der Waals surface area contributed by atoms with Crippen molar-refractivity contribution in [3.8, 4) is 11.5 Å². The lowest BCUT2D eigenvalue weighted by Crippen LogP contribution is -2.31. The highest BCUT2D eigenvalue weighted by Gasteiger charge is 2.30. The van der Waals surface area contributed by atoms with Crippen molar-refractivity contribution in [2.24, 2.45) is 7.05 Å². The molecule has 0 spiro atoms. The number of halogens is 3. The van der Waals surface area contributed by atoms with E-state index in [1.54, 1.807) is 18.2 Å². The number of pyridine rings is 1. The first-order chi connectivity index (χ1) is 14.1. The molecule has 158 valence electrons. The van der Waals surface area contributed by atoms with Gasteiger partial charge < -0.3 is 19.3 Å². The van der Waals surface area contributed by atoms with E-state index in [-0.39, 0.29) is 17.0 Å². The van der Waals surface area contributed by atoms with Crippen LogP contribution in [-0.2, 0) is 24.4 Å². The molecular formula is C21H19F3N2O4. The summed E-state index contributed by atoms with van der Waals surface area (Å²) in [5.74, 6) is -0.596. The monoisotopic (exact) mass is 420 g/mol. The fraction of sp³-hybridized carbons (Fsp3) is 0.238. The molecule has 3 rings (SSSR count). The van der Waals surface area contributed by atoms with Crippen molar-refractivity contribution in [3.63, 3.8) is 0 Å². The Morgan fingerprint density at radius 1 is 1.17 bits per heavy atom. The first kappa shape index (κ1) is 21.2. The lowest BCUT2D eigenvalue weighted by molar-refractivity contribution is -0.137. The van der Waals surface area contributed by atoms with Crippen molar-refractivity contribution in [1.82, 2.24) is 4.57 Å². The van der Waals surface area contributed by atoms with Crippen LogP contribution in [0.4, 0.5) is 18.9 Å². The van der Waals surface area contributed by atoms with Gasteiger partial charge in [-0.2, -0.15) is 13.2 Å². The largest absolute Gasteiger partial charge is 0.507 e. The Morgan fingerprint density at radius 2 is 1.80 bits per heavy atom. The third-order valence-corrected chi connectivity index (χ3v) is 4.95. The standard InChI is InChI=1S/C21H19F3N2O4/c1-25(13-9-7-12(8-10-13)21(22,23)24)17(27)11-14-19(28)18-15(26(2)20(14)29)5-4-6-16(18)30-3/h4-10,28H,11H2,1-3H3. The molecule has 0 fully saturated rings. The van der Waals surface area contributed by atoms with Crippen molar-refractivity contribution in [2.75, 3.05) is 19.1 Å². The van der Waals surface area contributed by atoms with Gasteiger partial charge in [0.15, 0.2) is 0 Å². The summed E-state index contributed by atoms with van der Waals surface area (Å²) >= 11 is 0. The molecule has 6 nitrogen and oxygen atoms in total. The van der Waals surface area contributed by atoms with Crippen molar-refractivity contribution >= 4 is 22.5 Å². The number of carbonyl (C=O) groups excluding carboxylic acids is 1. The lowest BCUT2D eigenvalue weighted by Gasteiger charge is -2.19. The third-order valence-electron chi connectivity index (χ3n) is 4.95. The molecular weight excluding hydrogens is 401 g/mol. The van der Waals surface area contributed by atoms with Crippen LogP contribution in [0.25, 0.3) is 10.9 Å². The van der Waals surface area contributed by atoms with E-state index < -0.39 is 29.6 Å². The van der Waals surface area contributed by atoms with Crippen LogP contribution in [0.15, 0.2) is 47.3 Å². The fourth-order valence-electron chi connectivity index (χ4n) is 3.22. The smallest absolute Gasteiger partial charge is 0.416 e. The molecule has 3 aromatic rings. The highest BCUT2D eigenvalue weighted by Crippen LogP contribution is 2.34. The molecule has 0 radical (unpaired) electrons. The highest BCUT2D eigenvalue weighted by molar-refractivity contribution is 5.97. The molecule has 0 unspecified atom stereocenters. The quantitative estimate of drug-likeness (QED) is 0.702. The van der Waals surface area contributed by atoms with Crippen molar-refractivity contribution < 1.29 is 27.8 Å². The van der Waals surface area contributed by atoms with Gasteiger partial charge in [-0.3, -0.25) is 9.59 Å². The van der Waals surface area contributed by atoms with E-state index in [9.17, 15) is 27.9 Å². The minimum atomic E-state index is -4.48. The summed E-state index contributed by atoms with van der Waals surface area (Å²) in [5.41, 5.74) is -0.854. The molecule has 1 N–H and O–H groups in total. The highest BCUT2D eigenvalue weighted by atomic mass is 19.4. The molecule has 9 heteroatoms. The van der Waals surface area contributed by atoms with Gasteiger partial charge in [-0.25, -0.2) is 0 Å². The Bertz CT molecular complexity index is 1170. The number of amides is 1. The zero-order valence-corrected chi connectivity index (χ0v) is 16.4. The number of anilines is 1. The Balaban J connectivity index is 1.98. The summed E-state index contributed by atoms with van der Waals surface area (Å²) < 4.78 is 44.7. The Hall–Kier alpha value is -3.49. The van der Waals surface area contributed by atoms with E-state index in [2.05, 4.69) is 0 Å². The second-order valence-electron chi connectivity index (χ2n) is 6.72. The van der Waals surface area contributed by atoms with Gasteiger partial charge in [-0.1, -0.05) is 6.07 Å². The average molecular weight is 420 g/mol. The number of aromatic nitrogens is 1. The van der Waals surface area contributed by atoms with Gasteiger partial charge in [0.25, 0.3) is 5.56 Å². The van der Waals surface area contributed by atoms with Gasteiger partial charge in [0, 0.05) is 19.8 Å². The molecule has 0 aliphatic rings. The summed E-state index contributed by atoms with van der Waals surface area (Å²) in [7, 11) is 4.31. The Labute approximate surface area is 169 Å². The number of rotatable bonds is 4. The zero-order valence-electron chi connectivity index (χ0n) is 16.4. The van der Waals surface area contributed by atoms with Crippen LogP contribution in [0, 0.1) is 0 Å². The number of ether oxygens (including phenoxy) is 1. The van der Waals surface area contributed by atoms with Crippen LogP contribution in [0.3, 0.4) is 0 Å². The molecule has 30 heavy (non-hydrogen) atoms.